The fourth-order valence-corrected chi connectivity index (χ4v) is 3.03. The van der Waals surface area contributed by atoms with Crippen molar-refractivity contribution in [1.29, 1.82) is 0 Å². The second-order valence-electron chi connectivity index (χ2n) is 5.90. The molecule has 19 heavy (non-hydrogen) atoms. The zero-order valence-electron chi connectivity index (χ0n) is 12.2. The number of nitrogens with one attached hydrogen (secondary N) is 1. The predicted molar refractivity (Wildman–Crippen MR) is 80.3 cm³/mol. The van der Waals surface area contributed by atoms with E-state index in [-0.39, 0.29) is 6.10 Å². The Balaban J connectivity index is 1.89. The summed E-state index contributed by atoms with van der Waals surface area (Å²) in [5.41, 5.74) is 2.77. The molecule has 3 atom stereocenters. The van der Waals surface area contributed by atoms with Crippen LogP contribution in [0.1, 0.15) is 63.1 Å². The quantitative estimate of drug-likeness (QED) is 0.849. The van der Waals surface area contributed by atoms with Gasteiger partial charge in [0.25, 0.3) is 0 Å². The summed E-state index contributed by atoms with van der Waals surface area (Å²) in [6, 6.07) is 9.79. The van der Waals surface area contributed by atoms with Crippen molar-refractivity contribution in [1.82, 2.24) is 5.32 Å². The Morgan fingerprint density at radius 2 is 2.00 bits per heavy atom. The molecule has 0 heterocycles. The first kappa shape index (κ1) is 14.5. The average Bonchev–Trinajstić information content (AvgIpc) is 2.40. The summed E-state index contributed by atoms with van der Waals surface area (Å²) in [7, 11) is 0. The highest BCUT2D eigenvalue weighted by atomic mass is 16.3. The van der Waals surface area contributed by atoms with Crippen LogP contribution in [0, 0.1) is 0 Å². The van der Waals surface area contributed by atoms with Gasteiger partial charge >= 0.3 is 0 Å². The third kappa shape index (κ3) is 4.32. The number of benzene rings is 1. The molecule has 1 aromatic carbocycles. The van der Waals surface area contributed by atoms with E-state index >= 15 is 0 Å². The van der Waals surface area contributed by atoms with Gasteiger partial charge in [-0.3, -0.25) is 0 Å². The van der Waals surface area contributed by atoms with Crippen LogP contribution < -0.4 is 5.32 Å². The number of aryl methyl sites for hydroxylation is 1. The standard InChI is InChI=1S/C17H27NO/c1-3-5-14-8-10-15(11-9-14)13(2)18-16-6-4-7-17(19)12-16/h8-11,13,16-19H,3-7,12H2,1-2H3. The maximum Gasteiger partial charge on any atom is 0.0555 e. The van der Waals surface area contributed by atoms with Gasteiger partial charge < -0.3 is 10.4 Å². The lowest BCUT2D eigenvalue weighted by Gasteiger charge is -2.29. The van der Waals surface area contributed by atoms with Gasteiger partial charge in [0.2, 0.25) is 0 Å². The number of rotatable bonds is 5. The molecular weight excluding hydrogens is 234 g/mol. The van der Waals surface area contributed by atoms with Gasteiger partial charge in [-0.2, -0.15) is 0 Å². The highest BCUT2D eigenvalue weighted by Gasteiger charge is 2.21. The summed E-state index contributed by atoms with van der Waals surface area (Å²) >= 11 is 0. The van der Waals surface area contributed by atoms with Crippen molar-refractivity contribution in [2.75, 3.05) is 0 Å². The topological polar surface area (TPSA) is 32.3 Å². The van der Waals surface area contributed by atoms with E-state index in [1.165, 1.54) is 24.0 Å². The molecule has 0 saturated heterocycles. The molecule has 2 N–H and O–H groups in total. The van der Waals surface area contributed by atoms with Crippen LogP contribution in [0.3, 0.4) is 0 Å². The fourth-order valence-electron chi connectivity index (χ4n) is 3.03. The van der Waals surface area contributed by atoms with Crippen molar-refractivity contribution in [2.45, 2.75) is 70.6 Å². The fraction of sp³-hybridized carbons (Fsp3) is 0.647. The van der Waals surface area contributed by atoms with E-state index in [9.17, 15) is 5.11 Å². The second-order valence-corrected chi connectivity index (χ2v) is 5.90. The van der Waals surface area contributed by atoms with Crippen LogP contribution in [0.25, 0.3) is 0 Å². The van der Waals surface area contributed by atoms with Crippen LogP contribution in [0.2, 0.25) is 0 Å². The van der Waals surface area contributed by atoms with Crippen molar-refractivity contribution in [2.24, 2.45) is 0 Å². The van der Waals surface area contributed by atoms with Gasteiger partial charge in [-0.05, 0) is 50.2 Å². The minimum Gasteiger partial charge on any atom is -0.393 e. The molecule has 106 valence electrons. The lowest BCUT2D eigenvalue weighted by molar-refractivity contribution is 0.109. The molecule has 2 heteroatoms. The minimum atomic E-state index is -0.106. The van der Waals surface area contributed by atoms with Crippen molar-refractivity contribution in [3.63, 3.8) is 0 Å². The molecule has 1 aliphatic carbocycles. The molecular formula is C17H27NO. The molecule has 1 aromatic rings. The zero-order chi connectivity index (χ0) is 13.7. The smallest absolute Gasteiger partial charge is 0.0555 e. The van der Waals surface area contributed by atoms with Gasteiger partial charge in [0, 0.05) is 12.1 Å². The van der Waals surface area contributed by atoms with E-state index in [1.54, 1.807) is 0 Å². The third-order valence-corrected chi connectivity index (χ3v) is 4.15. The molecule has 2 rings (SSSR count). The SMILES string of the molecule is CCCc1ccc(C(C)NC2CCCC(O)C2)cc1. The highest BCUT2D eigenvalue weighted by molar-refractivity contribution is 5.24. The number of aliphatic hydroxyl groups is 1. The second kappa shape index (κ2) is 7.06. The summed E-state index contributed by atoms with van der Waals surface area (Å²) in [4.78, 5) is 0. The first-order valence-corrected chi connectivity index (χ1v) is 7.72. The first-order chi connectivity index (χ1) is 9.19. The molecule has 0 spiro atoms. The lowest BCUT2D eigenvalue weighted by Crippen LogP contribution is -2.37. The molecule has 3 unspecified atom stereocenters. The van der Waals surface area contributed by atoms with E-state index in [0.29, 0.717) is 12.1 Å². The normalized spacial score (nSPS) is 25.2. The van der Waals surface area contributed by atoms with Crippen LogP contribution in [-0.4, -0.2) is 17.3 Å². The van der Waals surface area contributed by atoms with Crippen LogP contribution in [0.15, 0.2) is 24.3 Å². The van der Waals surface area contributed by atoms with Crippen LogP contribution in [0.4, 0.5) is 0 Å². The van der Waals surface area contributed by atoms with Gasteiger partial charge in [-0.25, -0.2) is 0 Å². The summed E-state index contributed by atoms with van der Waals surface area (Å²) in [6.45, 7) is 4.43. The Hall–Kier alpha value is -0.860. The molecule has 0 amide bonds. The van der Waals surface area contributed by atoms with E-state index in [2.05, 4.69) is 43.4 Å². The molecule has 1 fully saturated rings. The van der Waals surface area contributed by atoms with Crippen molar-refractivity contribution < 1.29 is 5.11 Å². The lowest BCUT2D eigenvalue weighted by atomic mass is 9.92. The van der Waals surface area contributed by atoms with Gasteiger partial charge in [0.15, 0.2) is 0 Å². The number of aliphatic hydroxyl groups excluding tert-OH is 1. The number of hydrogen-bond acceptors (Lipinski definition) is 2. The van der Waals surface area contributed by atoms with Crippen molar-refractivity contribution in [3.05, 3.63) is 35.4 Å². The zero-order valence-corrected chi connectivity index (χ0v) is 12.2. The van der Waals surface area contributed by atoms with E-state index in [1.807, 2.05) is 0 Å². The number of hydrogen-bond donors (Lipinski definition) is 2. The monoisotopic (exact) mass is 261 g/mol. The molecule has 1 aliphatic rings. The van der Waals surface area contributed by atoms with E-state index < -0.39 is 0 Å². The first-order valence-electron chi connectivity index (χ1n) is 7.72. The Morgan fingerprint density at radius 1 is 1.26 bits per heavy atom. The van der Waals surface area contributed by atoms with Crippen molar-refractivity contribution in [3.8, 4) is 0 Å². The summed E-state index contributed by atoms with van der Waals surface area (Å²) in [5.74, 6) is 0. The van der Waals surface area contributed by atoms with Gasteiger partial charge in [-0.1, -0.05) is 37.6 Å². The van der Waals surface area contributed by atoms with Crippen LogP contribution in [-0.2, 0) is 6.42 Å². The molecule has 0 bridgehead atoms. The van der Waals surface area contributed by atoms with Gasteiger partial charge in [0.05, 0.1) is 6.10 Å². The third-order valence-electron chi connectivity index (χ3n) is 4.15. The average molecular weight is 261 g/mol. The molecule has 0 radical (unpaired) electrons. The van der Waals surface area contributed by atoms with Gasteiger partial charge in [-0.15, -0.1) is 0 Å². The minimum absolute atomic E-state index is 0.106. The van der Waals surface area contributed by atoms with E-state index in [4.69, 9.17) is 0 Å². The largest absolute Gasteiger partial charge is 0.393 e. The maximum atomic E-state index is 9.72. The van der Waals surface area contributed by atoms with Crippen molar-refractivity contribution >= 4 is 0 Å². The predicted octanol–water partition coefficient (Wildman–Crippen LogP) is 3.59. The maximum absolute atomic E-state index is 9.72. The molecule has 1 saturated carbocycles. The summed E-state index contributed by atoms with van der Waals surface area (Å²) in [6.07, 6.45) is 6.46. The molecule has 2 nitrogen and oxygen atoms in total. The summed E-state index contributed by atoms with van der Waals surface area (Å²) in [5, 5.41) is 13.4. The Bertz CT molecular complexity index is 373. The van der Waals surface area contributed by atoms with Crippen LogP contribution in [0.5, 0.6) is 0 Å². The molecule has 0 aliphatic heterocycles. The van der Waals surface area contributed by atoms with E-state index in [0.717, 1.165) is 25.7 Å². The highest BCUT2D eigenvalue weighted by Crippen LogP contribution is 2.22. The Morgan fingerprint density at radius 3 is 2.63 bits per heavy atom. The molecule has 0 aromatic heterocycles. The Labute approximate surface area is 117 Å². The van der Waals surface area contributed by atoms with Crippen LogP contribution >= 0.6 is 0 Å². The summed E-state index contributed by atoms with van der Waals surface area (Å²) < 4.78 is 0. The Kier molecular flexibility index (Phi) is 5.41. The van der Waals surface area contributed by atoms with Gasteiger partial charge in [0.1, 0.15) is 0 Å².